The first-order valence-electron chi connectivity index (χ1n) is 4.60. The van der Waals surface area contributed by atoms with Gasteiger partial charge in [-0.15, -0.1) is 11.8 Å². The molecule has 78 valence electrons. The molecule has 5 heteroatoms. The molecule has 2 N–H and O–H groups in total. The molecular formula is C10H12N4S. The van der Waals surface area contributed by atoms with E-state index >= 15 is 0 Å². The Hall–Kier alpha value is -1.49. The van der Waals surface area contributed by atoms with Gasteiger partial charge in [-0.2, -0.15) is 5.10 Å². The zero-order chi connectivity index (χ0) is 10.5. The van der Waals surface area contributed by atoms with Crippen LogP contribution >= 0.6 is 11.8 Å². The van der Waals surface area contributed by atoms with Crippen LogP contribution < -0.4 is 5.32 Å². The predicted octanol–water partition coefficient (Wildman–Crippen LogP) is 2.14. The number of aromatic nitrogens is 3. The molecule has 0 radical (unpaired) electrons. The molecule has 0 saturated heterocycles. The van der Waals surface area contributed by atoms with Crippen molar-refractivity contribution in [1.29, 1.82) is 0 Å². The molecule has 1 aromatic heterocycles. The second-order valence-corrected chi connectivity index (χ2v) is 3.92. The maximum Gasteiger partial charge on any atom is 0.218 e. The standard InChI is InChI=1S/C10H12N4S/c1-15-9-4-2-8(3-5-9)6-11-10-12-7-13-14-10/h2-5,7H,6H2,1H3,(H2,11,12,13,14). The van der Waals surface area contributed by atoms with E-state index in [2.05, 4.69) is 51.0 Å². The van der Waals surface area contributed by atoms with Crippen LogP contribution in [0.5, 0.6) is 0 Å². The maximum absolute atomic E-state index is 3.98. The van der Waals surface area contributed by atoms with Gasteiger partial charge in [0.15, 0.2) is 0 Å². The average molecular weight is 220 g/mol. The molecular weight excluding hydrogens is 208 g/mol. The van der Waals surface area contributed by atoms with E-state index in [4.69, 9.17) is 0 Å². The van der Waals surface area contributed by atoms with Crippen molar-refractivity contribution in [1.82, 2.24) is 15.2 Å². The first kappa shape index (κ1) is 10.0. The van der Waals surface area contributed by atoms with Gasteiger partial charge in [0.1, 0.15) is 6.33 Å². The van der Waals surface area contributed by atoms with E-state index in [1.807, 2.05) is 0 Å². The Morgan fingerprint density at radius 3 is 2.73 bits per heavy atom. The quantitative estimate of drug-likeness (QED) is 0.775. The third-order valence-electron chi connectivity index (χ3n) is 2.03. The molecule has 1 heterocycles. The van der Waals surface area contributed by atoms with Gasteiger partial charge in [-0.3, -0.25) is 0 Å². The summed E-state index contributed by atoms with van der Waals surface area (Å²) in [5.74, 6) is 0.698. The lowest BCUT2D eigenvalue weighted by Crippen LogP contribution is -2.00. The minimum absolute atomic E-state index is 0.698. The number of anilines is 1. The lowest BCUT2D eigenvalue weighted by atomic mass is 10.2. The second-order valence-electron chi connectivity index (χ2n) is 3.04. The highest BCUT2D eigenvalue weighted by Crippen LogP contribution is 2.15. The highest BCUT2D eigenvalue weighted by molar-refractivity contribution is 7.98. The number of benzene rings is 1. The highest BCUT2D eigenvalue weighted by atomic mass is 32.2. The molecule has 0 amide bonds. The van der Waals surface area contributed by atoms with Crippen molar-refractivity contribution in [2.45, 2.75) is 11.4 Å². The van der Waals surface area contributed by atoms with Crippen molar-refractivity contribution in [3.63, 3.8) is 0 Å². The Morgan fingerprint density at radius 1 is 1.33 bits per heavy atom. The predicted molar refractivity (Wildman–Crippen MR) is 61.9 cm³/mol. The van der Waals surface area contributed by atoms with Crippen molar-refractivity contribution in [2.75, 3.05) is 11.6 Å². The van der Waals surface area contributed by atoms with E-state index in [1.165, 1.54) is 16.8 Å². The Labute approximate surface area is 92.5 Å². The van der Waals surface area contributed by atoms with Crippen LogP contribution in [0, 0.1) is 0 Å². The number of nitrogens with one attached hydrogen (secondary N) is 2. The fraction of sp³-hybridized carbons (Fsp3) is 0.200. The van der Waals surface area contributed by atoms with Crippen molar-refractivity contribution in [2.24, 2.45) is 0 Å². The van der Waals surface area contributed by atoms with E-state index in [0.29, 0.717) is 5.95 Å². The first-order chi connectivity index (χ1) is 7.38. The van der Waals surface area contributed by atoms with Crippen LogP contribution in [0.4, 0.5) is 5.95 Å². The van der Waals surface area contributed by atoms with Crippen molar-refractivity contribution in [3.8, 4) is 0 Å². The van der Waals surface area contributed by atoms with E-state index in [-0.39, 0.29) is 0 Å². The summed E-state index contributed by atoms with van der Waals surface area (Å²) in [6, 6.07) is 8.44. The van der Waals surface area contributed by atoms with Gasteiger partial charge in [-0.1, -0.05) is 12.1 Å². The zero-order valence-corrected chi connectivity index (χ0v) is 9.21. The minimum atomic E-state index is 0.698. The summed E-state index contributed by atoms with van der Waals surface area (Å²) in [6.45, 7) is 0.754. The smallest absolute Gasteiger partial charge is 0.218 e. The molecule has 15 heavy (non-hydrogen) atoms. The van der Waals surface area contributed by atoms with Gasteiger partial charge in [-0.25, -0.2) is 10.1 Å². The van der Waals surface area contributed by atoms with E-state index in [1.54, 1.807) is 11.8 Å². The lowest BCUT2D eigenvalue weighted by molar-refractivity contribution is 1.04. The zero-order valence-electron chi connectivity index (χ0n) is 8.40. The molecule has 0 aliphatic heterocycles. The molecule has 2 rings (SSSR count). The van der Waals surface area contributed by atoms with E-state index < -0.39 is 0 Å². The number of hydrogen-bond donors (Lipinski definition) is 2. The van der Waals surface area contributed by atoms with Crippen LogP contribution in [-0.2, 0) is 6.54 Å². The molecule has 0 saturated carbocycles. The fourth-order valence-electron chi connectivity index (χ4n) is 1.22. The summed E-state index contributed by atoms with van der Waals surface area (Å²) in [5, 5.41) is 9.66. The Bertz CT molecular complexity index is 396. The summed E-state index contributed by atoms with van der Waals surface area (Å²) in [7, 11) is 0. The summed E-state index contributed by atoms with van der Waals surface area (Å²) in [5.41, 5.74) is 1.23. The Kier molecular flexibility index (Phi) is 3.24. The van der Waals surface area contributed by atoms with Gasteiger partial charge in [0.05, 0.1) is 0 Å². The third kappa shape index (κ3) is 2.73. The summed E-state index contributed by atoms with van der Waals surface area (Å²) < 4.78 is 0. The van der Waals surface area contributed by atoms with E-state index in [9.17, 15) is 0 Å². The van der Waals surface area contributed by atoms with Crippen LogP contribution in [-0.4, -0.2) is 21.4 Å². The summed E-state index contributed by atoms with van der Waals surface area (Å²) in [4.78, 5) is 5.26. The van der Waals surface area contributed by atoms with Crippen molar-refractivity contribution < 1.29 is 0 Å². The number of thioether (sulfide) groups is 1. The second kappa shape index (κ2) is 4.84. The van der Waals surface area contributed by atoms with Crippen LogP contribution in [0.2, 0.25) is 0 Å². The lowest BCUT2D eigenvalue weighted by Gasteiger charge is -2.03. The monoisotopic (exact) mass is 220 g/mol. The topological polar surface area (TPSA) is 53.6 Å². The van der Waals surface area contributed by atoms with Gasteiger partial charge >= 0.3 is 0 Å². The Morgan fingerprint density at radius 2 is 2.13 bits per heavy atom. The molecule has 0 aliphatic carbocycles. The molecule has 0 unspecified atom stereocenters. The van der Waals surface area contributed by atoms with Gasteiger partial charge in [0, 0.05) is 11.4 Å². The number of hydrogen-bond acceptors (Lipinski definition) is 4. The van der Waals surface area contributed by atoms with Crippen LogP contribution in [0.3, 0.4) is 0 Å². The van der Waals surface area contributed by atoms with Crippen molar-refractivity contribution in [3.05, 3.63) is 36.2 Å². The number of nitrogens with zero attached hydrogens (tertiary/aromatic N) is 2. The molecule has 0 aliphatic rings. The Balaban J connectivity index is 1.93. The molecule has 1 aromatic carbocycles. The maximum atomic E-state index is 3.98. The fourth-order valence-corrected chi connectivity index (χ4v) is 1.63. The average Bonchev–Trinajstić information content (AvgIpc) is 2.80. The van der Waals surface area contributed by atoms with Crippen LogP contribution in [0.25, 0.3) is 0 Å². The van der Waals surface area contributed by atoms with Gasteiger partial charge in [-0.05, 0) is 24.0 Å². The van der Waals surface area contributed by atoms with Gasteiger partial charge in [0.2, 0.25) is 5.95 Å². The summed E-state index contributed by atoms with van der Waals surface area (Å²) in [6.07, 6.45) is 3.56. The van der Waals surface area contributed by atoms with Gasteiger partial charge < -0.3 is 5.32 Å². The van der Waals surface area contributed by atoms with E-state index in [0.717, 1.165) is 6.54 Å². The number of rotatable bonds is 4. The van der Waals surface area contributed by atoms with Gasteiger partial charge in [0.25, 0.3) is 0 Å². The third-order valence-corrected chi connectivity index (χ3v) is 2.78. The largest absolute Gasteiger partial charge is 0.351 e. The SMILES string of the molecule is CSc1ccc(CNc2ncn[nH]2)cc1. The molecule has 0 atom stereocenters. The van der Waals surface area contributed by atoms with Crippen LogP contribution in [0.15, 0.2) is 35.5 Å². The van der Waals surface area contributed by atoms with Crippen molar-refractivity contribution >= 4 is 17.7 Å². The summed E-state index contributed by atoms with van der Waals surface area (Å²) >= 11 is 1.74. The molecule has 0 fully saturated rings. The number of aromatic amines is 1. The highest BCUT2D eigenvalue weighted by Gasteiger charge is 1.96. The first-order valence-corrected chi connectivity index (χ1v) is 5.83. The molecule has 2 aromatic rings. The van der Waals surface area contributed by atoms with Crippen LogP contribution in [0.1, 0.15) is 5.56 Å². The molecule has 0 bridgehead atoms. The molecule has 0 spiro atoms. The minimum Gasteiger partial charge on any atom is -0.351 e. The number of H-pyrrole nitrogens is 1. The molecule has 4 nitrogen and oxygen atoms in total. The normalized spacial score (nSPS) is 10.2.